The third kappa shape index (κ3) is 5.18. The lowest BCUT2D eigenvalue weighted by Crippen LogP contribution is -2.14. The Labute approximate surface area is 197 Å². The minimum Gasteiger partial charge on any atom is -0.504 e. The third-order valence-corrected chi connectivity index (χ3v) is 6.24. The number of hydrogen-bond acceptors (Lipinski definition) is 7. The molecule has 0 amide bonds. The summed E-state index contributed by atoms with van der Waals surface area (Å²) in [6, 6.07) is 10.7. The number of aromatic hydroxyl groups is 1. The molecule has 3 aromatic rings. The number of hydrogen-bond donors (Lipinski definition) is 2. The quantitative estimate of drug-likeness (QED) is 0.426. The Balaban J connectivity index is 2.07. The summed E-state index contributed by atoms with van der Waals surface area (Å²) < 4.78 is 62.8. The molecule has 34 heavy (non-hydrogen) atoms. The summed E-state index contributed by atoms with van der Waals surface area (Å²) in [5.41, 5.74) is 1.08. The highest BCUT2D eigenvalue weighted by atomic mass is 32.2. The van der Waals surface area contributed by atoms with Crippen molar-refractivity contribution in [3.05, 3.63) is 65.5 Å². The van der Waals surface area contributed by atoms with Gasteiger partial charge in [-0.05, 0) is 54.1 Å². The van der Waals surface area contributed by atoms with E-state index in [1.54, 1.807) is 24.3 Å². The highest BCUT2D eigenvalue weighted by Crippen LogP contribution is 2.41. The molecule has 0 aliphatic heterocycles. The third-order valence-electron chi connectivity index (χ3n) is 4.88. The first-order valence-electron chi connectivity index (χ1n) is 9.90. The number of phenols is 1. The largest absolute Gasteiger partial charge is 0.504 e. The van der Waals surface area contributed by atoms with Gasteiger partial charge in [0.1, 0.15) is 11.5 Å². The van der Waals surface area contributed by atoms with Gasteiger partial charge in [0, 0.05) is 5.56 Å². The van der Waals surface area contributed by atoms with Crippen LogP contribution in [0.5, 0.6) is 28.7 Å². The number of methoxy groups -OCH3 is 4. The first-order chi connectivity index (χ1) is 16.2. The van der Waals surface area contributed by atoms with E-state index < -0.39 is 15.8 Å². The van der Waals surface area contributed by atoms with Gasteiger partial charge in [0.15, 0.2) is 23.0 Å². The minimum absolute atomic E-state index is 0.00974. The van der Waals surface area contributed by atoms with Crippen molar-refractivity contribution < 1.29 is 36.9 Å². The molecule has 180 valence electrons. The number of benzene rings is 3. The first kappa shape index (κ1) is 24.7. The van der Waals surface area contributed by atoms with E-state index in [0.717, 1.165) is 24.3 Å². The van der Waals surface area contributed by atoms with Crippen molar-refractivity contribution in [1.82, 2.24) is 0 Å². The standard InChI is InChI=1S/C24H24FNO7S/c1-30-20-13-15(14-21(31-2)24(20)33-4)5-6-16-7-12-19(27)23(32-3)22(16)26-34(28,29)18-10-8-17(25)9-11-18/h5-14,26-27H,1-4H3/b6-5-. The summed E-state index contributed by atoms with van der Waals surface area (Å²) in [7, 11) is 1.68. The topological polar surface area (TPSA) is 103 Å². The van der Waals surface area contributed by atoms with Crippen LogP contribution in [0.4, 0.5) is 10.1 Å². The van der Waals surface area contributed by atoms with Crippen LogP contribution in [0.15, 0.2) is 53.4 Å². The van der Waals surface area contributed by atoms with Crippen LogP contribution in [0.1, 0.15) is 11.1 Å². The lowest BCUT2D eigenvalue weighted by molar-refractivity contribution is 0.324. The number of nitrogens with one attached hydrogen (secondary N) is 1. The molecule has 0 fully saturated rings. The first-order valence-corrected chi connectivity index (χ1v) is 11.4. The van der Waals surface area contributed by atoms with Gasteiger partial charge in [-0.1, -0.05) is 12.2 Å². The number of rotatable bonds is 9. The number of sulfonamides is 1. The van der Waals surface area contributed by atoms with Crippen LogP contribution < -0.4 is 23.7 Å². The van der Waals surface area contributed by atoms with Crippen molar-refractivity contribution in [2.24, 2.45) is 0 Å². The van der Waals surface area contributed by atoms with Crippen molar-refractivity contribution in [2.45, 2.75) is 4.90 Å². The van der Waals surface area contributed by atoms with Crippen LogP contribution in [-0.2, 0) is 10.0 Å². The highest BCUT2D eigenvalue weighted by molar-refractivity contribution is 7.92. The van der Waals surface area contributed by atoms with Crippen LogP contribution in [0.25, 0.3) is 12.2 Å². The molecule has 10 heteroatoms. The van der Waals surface area contributed by atoms with Crippen LogP contribution in [0.3, 0.4) is 0 Å². The van der Waals surface area contributed by atoms with Gasteiger partial charge in [-0.25, -0.2) is 12.8 Å². The molecule has 0 saturated carbocycles. The maximum atomic E-state index is 13.3. The molecule has 3 rings (SSSR count). The highest BCUT2D eigenvalue weighted by Gasteiger charge is 2.21. The second-order valence-electron chi connectivity index (χ2n) is 6.93. The smallest absolute Gasteiger partial charge is 0.262 e. The van der Waals surface area contributed by atoms with Gasteiger partial charge >= 0.3 is 0 Å². The predicted molar refractivity (Wildman–Crippen MR) is 127 cm³/mol. The summed E-state index contributed by atoms with van der Waals surface area (Å²) in [6.45, 7) is 0. The normalized spacial score (nSPS) is 11.3. The maximum Gasteiger partial charge on any atom is 0.262 e. The fourth-order valence-electron chi connectivity index (χ4n) is 3.23. The zero-order valence-corrected chi connectivity index (χ0v) is 19.8. The fraction of sp³-hybridized carbons (Fsp3) is 0.167. The molecule has 0 aliphatic carbocycles. The SMILES string of the molecule is COc1cc(/C=C\c2ccc(O)c(OC)c2NS(=O)(=O)c2ccc(F)cc2)cc(OC)c1OC. The van der Waals surface area contributed by atoms with Crippen molar-refractivity contribution in [3.63, 3.8) is 0 Å². The Morgan fingerprint density at radius 2 is 1.41 bits per heavy atom. The van der Waals surface area contributed by atoms with E-state index in [2.05, 4.69) is 4.72 Å². The van der Waals surface area contributed by atoms with Gasteiger partial charge in [0.2, 0.25) is 5.75 Å². The molecular formula is C24H24FNO7S. The second kappa shape index (κ2) is 10.3. The van der Waals surface area contributed by atoms with E-state index in [-0.39, 0.29) is 22.1 Å². The van der Waals surface area contributed by atoms with Gasteiger partial charge in [0.25, 0.3) is 10.0 Å². The lowest BCUT2D eigenvalue weighted by atomic mass is 10.1. The predicted octanol–water partition coefficient (Wildman–Crippen LogP) is 4.54. The minimum atomic E-state index is -4.11. The Morgan fingerprint density at radius 3 is 1.94 bits per heavy atom. The summed E-state index contributed by atoms with van der Waals surface area (Å²) in [6.07, 6.45) is 3.33. The average molecular weight is 490 g/mol. The van der Waals surface area contributed by atoms with Crippen LogP contribution in [-0.4, -0.2) is 42.0 Å². The van der Waals surface area contributed by atoms with Gasteiger partial charge < -0.3 is 24.1 Å². The maximum absolute atomic E-state index is 13.3. The molecule has 0 radical (unpaired) electrons. The Bertz CT molecular complexity index is 1280. The Morgan fingerprint density at radius 1 is 0.824 bits per heavy atom. The van der Waals surface area contributed by atoms with Crippen LogP contribution >= 0.6 is 0 Å². The van der Waals surface area contributed by atoms with E-state index in [1.807, 2.05) is 0 Å². The molecule has 0 heterocycles. The van der Waals surface area contributed by atoms with E-state index in [4.69, 9.17) is 18.9 Å². The van der Waals surface area contributed by atoms with Crippen LogP contribution in [0.2, 0.25) is 0 Å². The zero-order chi connectivity index (χ0) is 24.9. The van der Waals surface area contributed by atoms with Gasteiger partial charge in [-0.3, -0.25) is 4.72 Å². The Kier molecular flexibility index (Phi) is 7.52. The molecule has 0 unspecified atom stereocenters. The van der Waals surface area contributed by atoms with E-state index in [0.29, 0.717) is 28.4 Å². The number of anilines is 1. The van der Waals surface area contributed by atoms with E-state index >= 15 is 0 Å². The molecule has 0 atom stereocenters. The number of phenolic OH excluding ortho intramolecular Hbond substituents is 1. The molecule has 0 saturated heterocycles. The molecule has 3 aromatic carbocycles. The summed E-state index contributed by atoms with van der Waals surface area (Å²) >= 11 is 0. The second-order valence-corrected chi connectivity index (χ2v) is 8.62. The molecule has 8 nitrogen and oxygen atoms in total. The molecule has 0 aliphatic rings. The van der Waals surface area contributed by atoms with Crippen molar-refractivity contribution >= 4 is 27.9 Å². The summed E-state index contributed by atoms with van der Waals surface area (Å²) in [5.74, 6) is 0.426. The fourth-order valence-corrected chi connectivity index (χ4v) is 4.32. The molecule has 0 aromatic heterocycles. The van der Waals surface area contributed by atoms with Crippen LogP contribution in [0, 0.1) is 5.82 Å². The van der Waals surface area contributed by atoms with Gasteiger partial charge in [-0.15, -0.1) is 0 Å². The van der Waals surface area contributed by atoms with Crippen molar-refractivity contribution in [1.29, 1.82) is 0 Å². The molecule has 2 N–H and O–H groups in total. The van der Waals surface area contributed by atoms with Crippen molar-refractivity contribution in [2.75, 3.05) is 33.2 Å². The molecular weight excluding hydrogens is 465 g/mol. The summed E-state index contributed by atoms with van der Waals surface area (Å²) in [4.78, 5) is -0.154. The monoisotopic (exact) mass is 489 g/mol. The molecule has 0 bridgehead atoms. The number of ether oxygens (including phenoxy) is 4. The molecule has 0 spiro atoms. The van der Waals surface area contributed by atoms with Crippen molar-refractivity contribution in [3.8, 4) is 28.7 Å². The average Bonchev–Trinajstić information content (AvgIpc) is 2.83. The van der Waals surface area contributed by atoms with Gasteiger partial charge in [0.05, 0.1) is 33.3 Å². The van der Waals surface area contributed by atoms with Gasteiger partial charge in [-0.2, -0.15) is 0 Å². The lowest BCUT2D eigenvalue weighted by Gasteiger charge is -2.16. The Hall–Kier alpha value is -3.92. The summed E-state index contributed by atoms with van der Waals surface area (Å²) in [5, 5.41) is 10.2. The zero-order valence-electron chi connectivity index (χ0n) is 19.0. The van der Waals surface area contributed by atoms with E-state index in [1.165, 1.54) is 40.6 Å². The number of halogens is 1. The van der Waals surface area contributed by atoms with E-state index in [9.17, 15) is 17.9 Å².